The van der Waals surface area contributed by atoms with E-state index in [4.69, 9.17) is 10.5 Å². The molecule has 0 saturated carbocycles. The predicted octanol–water partition coefficient (Wildman–Crippen LogP) is 3.67. The van der Waals surface area contributed by atoms with Gasteiger partial charge in [-0.1, -0.05) is 6.07 Å². The molecule has 1 heterocycles. The van der Waals surface area contributed by atoms with Crippen LogP contribution in [0.5, 0.6) is 11.5 Å². The Labute approximate surface area is 119 Å². The summed E-state index contributed by atoms with van der Waals surface area (Å²) in [7, 11) is 0. The first kappa shape index (κ1) is 14.0. The van der Waals surface area contributed by atoms with Gasteiger partial charge in [0.15, 0.2) is 11.6 Å². The Morgan fingerprint density at radius 2 is 2.16 bits per heavy atom. The van der Waals surface area contributed by atoms with Gasteiger partial charge in [-0.15, -0.1) is 0 Å². The van der Waals surface area contributed by atoms with Crippen LogP contribution >= 0.6 is 15.9 Å². The number of halogens is 2. The summed E-state index contributed by atoms with van der Waals surface area (Å²) in [6, 6.07) is 6.59. The second-order valence-corrected chi connectivity index (χ2v) is 5.30. The Bertz CT molecular complexity index is 575. The quantitative estimate of drug-likeness (QED) is 0.933. The normalized spacial score (nSPS) is 12.2. The van der Waals surface area contributed by atoms with E-state index < -0.39 is 5.82 Å². The Balaban J connectivity index is 2.17. The van der Waals surface area contributed by atoms with E-state index in [2.05, 4.69) is 20.9 Å². The lowest BCUT2D eigenvalue weighted by Crippen LogP contribution is -2.17. The van der Waals surface area contributed by atoms with Crippen LogP contribution in [-0.4, -0.2) is 11.0 Å². The van der Waals surface area contributed by atoms with Gasteiger partial charge in [-0.3, -0.25) is 4.98 Å². The highest BCUT2D eigenvalue weighted by molar-refractivity contribution is 9.10. The molecule has 0 saturated heterocycles. The van der Waals surface area contributed by atoms with E-state index in [1.54, 1.807) is 18.3 Å². The van der Waals surface area contributed by atoms with Crippen molar-refractivity contribution in [2.24, 2.45) is 5.73 Å². The zero-order valence-corrected chi connectivity index (χ0v) is 12.0. The average molecular weight is 325 g/mol. The van der Waals surface area contributed by atoms with Gasteiger partial charge in [0.25, 0.3) is 0 Å². The summed E-state index contributed by atoms with van der Waals surface area (Å²) in [5.41, 5.74) is 6.54. The molecule has 3 nitrogen and oxygen atoms in total. The number of aromatic nitrogens is 1. The monoisotopic (exact) mass is 324 g/mol. The number of ether oxygens (including phenoxy) is 1. The van der Waals surface area contributed by atoms with Crippen molar-refractivity contribution in [2.75, 3.05) is 0 Å². The fourth-order valence-corrected chi connectivity index (χ4v) is 2.04. The number of benzene rings is 1. The van der Waals surface area contributed by atoms with Gasteiger partial charge < -0.3 is 10.5 Å². The van der Waals surface area contributed by atoms with Crippen LogP contribution in [0.15, 0.2) is 41.1 Å². The zero-order valence-electron chi connectivity index (χ0n) is 10.4. The smallest absolute Gasteiger partial charge is 0.165 e. The molecule has 0 radical (unpaired) electrons. The van der Waals surface area contributed by atoms with E-state index in [-0.39, 0.29) is 11.8 Å². The van der Waals surface area contributed by atoms with Crippen molar-refractivity contribution in [3.63, 3.8) is 0 Å². The van der Waals surface area contributed by atoms with Gasteiger partial charge in [0.1, 0.15) is 5.75 Å². The van der Waals surface area contributed by atoms with Gasteiger partial charge in [0, 0.05) is 16.7 Å². The lowest BCUT2D eigenvalue weighted by Gasteiger charge is -2.09. The molecule has 19 heavy (non-hydrogen) atoms. The fourth-order valence-electron chi connectivity index (χ4n) is 1.70. The number of rotatable bonds is 4. The minimum absolute atomic E-state index is 0.000414. The Hall–Kier alpha value is -1.46. The third-order valence-electron chi connectivity index (χ3n) is 2.46. The minimum atomic E-state index is -0.405. The van der Waals surface area contributed by atoms with Crippen LogP contribution in [0.3, 0.4) is 0 Å². The van der Waals surface area contributed by atoms with Gasteiger partial charge in [0.05, 0.1) is 6.20 Å². The highest BCUT2D eigenvalue weighted by atomic mass is 79.9. The van der Waals surface area contributed by atoms with Gasteiger partial charge in [-0.05, 0) is 53.0 Å². The molecular weight excluding hydrogens is 311 g/mol. The molecule has 100 valence electrons. The van der Waals surface area contributed by atoms with Crippen molar-refractivity contribution in [2.45, 2.75) is 19.4 Å². The summed E-state index contributed by atoms with van der Waals surface area (Å²) in [6.07, 6.45) is 3.80. The number of hydrogen-bond donors (Lipinski definition) is 1. The maximum absolute atomic E-state index is 13.9. The minimum Gasteiger partial charge on any atom is -0.453 e. The summed E-state index contributed by atoms with van der Waals surface area (Å²) in [6.45, 7) is 1.88. The first-order chi connectivity index (χ1) is 9.04. The van der Waals surface area contributed by atoms with E-state index in [0.29, 0.717) is 12.2 Å². The second kappa shape index (κ2) is 6.12. The first-order valence-corrected chi connectivity index (χ1v) is 6.66. The Kier molecular flexibility index (Phi) is 4.50. The maximum Gasteiger partial charge on any atom is 0.165 e. The van der Waals surface area contributed by atoms with Crippen molar-refractivity contribution in [3.05, 3.63) is 52.5 Å². The molecule has 5 heteroatoms. The largest absolute Gasteiger partial charge is 0.453 e. The molecule has 2 N–H and O–H groups in total. The van der Waals surface area contributed by atoms with Crippen LogP contribution in [-0.2, 0) is 6.42 Å². The van der Waals surface area contributed by atoms with Crippen LogP contribution in [0, 0.1) is 5.82 Å². The third kappa shape index (κ3) is 4.01. The van der Waals surface area contributed by atoms with Gasteiger partial charge >= 0.3 is 0 Å². The molecule has 0 amide bonds. The summed E-state index contributed by atoms with van der Waals surface area (Å²) in [5, 5.41) is 0. The molecule has 0 bridgehead atoms. The van der Waals surface area contributed by atoms with E-state index in [1.807, 2.05) is 13.0 Å². The molecule has 1 atom stereocenters. The van der Waals surface area contributed by atoms with Crippen molar-refractivity contribution in [1.29, 1.82) is 0 Å². The Morgan fingerprint density at radius 3 is 2.79 bits per heavy atom. The first-order valence-electron chi connectivity index (χ1n) is 5.87. The Morgan fingerprint density at radius 1 is 1.37 bits per heavy atom. The van der Waals surface area contributed by atoms with Crippen LogP contribution in [0.25, 0.3) is 0 Å². The second-order valence-electron chi connectivity index (χ2n) is 4.39. The van der Waals surface area contributed by atoms with Crippen molar-refractivity contribution in [1.82, 2.24) is 4.98 Å². The molecule has 1 aromatic heterocycles. The van der Waals surface area contributed by atoms with Gasteiger partial charge in [0.2, 0.25) is 0 Å². The molecule has 2 rings (SSSR count). The molecule has 0 fully saturated rings. The fraction of sp³-hybridized carbons (Fsp3) is 0.214. The lowest BCUT2D eigenvalue weighted by atomic mass is 10.1. The van der Waals surface area contributed by atoms with Crippen molar-refractivity contribution >= 4 is 15.9 Å². The van der Waals surface area contributed by atoms with Crippen molar-refractivity contribution in [3.8, 4) is 11.5 Å². The third-order valence-corrected chi connectivity index (χ3v) is 2.90. The molecular formula is C14H14BrFN2O. The summed E-state index contributed by atoms with van der Waals surface area (Å²) >= 11 is 3.28. The zero-order chi connectivity index (χ0) is 13.8. The van der Waals surface area contributed by atoms with Gasteiger partial charge in [-0.25, -0.2) is 4.39 Å². The maximum atomic E-state index is 13.9. The molecule has 1 unspecified atom stereocenters. The van der Waals surface area contributed by atoms with Crippen LogP contribution in [0.2, 0.25) is 0 Å². The van der Waals surface area contributed by atoms with Crippen molar-refractivity contribution < 1.29 is 9.13 Å². The van der Waals surface area contributed by atoms with Crippen LogP contribution < -0.4 is 10.5 Å². The number of hydrogen-bond acceptors (Lipinski definition) is 3. The highest BCUT2D eigenvalue weighted by Crippen LogP contribution is 2.26. The van der Waals surface area contributed by atoms with E-state index >= 15 is 0 Å². The molecule has 0 spiro atoms. The van der Waals surface area contributed by atoms with Crippen LogP contribution in [0.1, 0.15) is 12.5 Å². The standard InChI is InChI=1S/C14H14BrFN2O/c1-9(17)4-10-2-3-14(13(16)5-10)19-12-6-11(15)7-18-8-12/h2-3,5-9H,4,17H2,1H3. The number of nitrogens with zero attached hydrogens (tertiary/aromatic N) is 1. The van der Waals surface area contributed by atoms with E-state index in [9.17, 15) is 4.39 Å². The molecule has 0 aliphatic heterocycles. The van der Waals surface area contributed by atoms with Crippen LogP contribution in [0.4, 0.5) is 4.39 Å². The molecule has 1 aromatic carbocycles. The SMILES string of the molecule is CC(N)Cc1ccc(Oc2cncc(Br)c2)c(F)c1. The summed E-state index contributed by atoms with van der Waals surface area (Å²) in [5.74, 6) is 0.250. The molecule has 0 aliphatic rings. The summed E-state index contributed by atoms with van der Waals surface area (Å²) < 4.78 is 20.1. The topological polar surface area (TPSA) is 48.1 Å². The number of nitrogens with two attached hydrogens (primary N) is 1. The average Bonchev–Trinajstić information content (AvgIpc) is 2.32. The summed E-state index contributed by atoms with van der Waals surface area (Å²) in [4.78, 5) is 3.96. The number of pyridine rings is 1. The highest BCUT2D eigenvalue weighted by Gasteiger charge is 2.08. The van der Waals surface area contributed by atoms with E-state index in [0.717, 1.165) is 10.0 Å². The van der Waals surface area contributed by atoms with E-state index in [1.165, 1.54) is 12.3 Å². The van der Waals surface area contributed by atoms with Gasteiger partial charge in [-0.2, -0.15) is 0 Å². The lowest BCUT2D eigenvalue weighted by molar-refractivity contribution is 0.439. The molecule has 2 aromatic rings. The predicted molar refractivity (Wildman–Crippen MR) is 75.8 cm³/mol. The molecule has 0 aliphatic carbocycles.